The van der Waals surface area contributed by atoms with Crippen molar-refractivity contribution in [2.75, 3.05) is 27.7 Å². The molecule has 0 radical (unpaired) electrons. The van der Waals surface area contributed by atoms with Crippen molar-refractivity contribution in [1.82, 2.24) is 0 Å². The molecule has 7 nitrogen and oxygen atoms in total. The van der Waals surface area contributed by atoms with E-state index in [2.05, 4.69) is 5.32 Å². The Morgan fingerprint density at radius 2 is 1.86 bits per heavy atom. The van der Waals surface area contributed by atoms with Gasteiger partial charge in [-0.05, 0) is 43.2 Å². The van der Waals surface area contributed by atoms with E-state index < -0.39 is 25.8 Å². The molecule has 0 unspecified atom stereocenters. The fourth-order valence-electron chi connectivity index (χ4n) is 3.01. The largest absolute Gasteiger partial charge is 0.326 e. The number of sulfone groups is 1. The Labute approximate surface area is 165 Å². The van der Waals surface area contributed by atoms with E-state index in [-0.39, 0.29) is 22.8 Å². The minimum atomic E-state index is -3.54. The molecule has 0 bridgehead atoms. The van der Waals surface area contributed by atoms with Gasteiger partial charge in [0.15, 0.2) is 9.84 Å². The number of carbonyl (C=O) groups excluding carboxylic acids is 1. The molecule has 2 aromatic carbocycles. The summed E-state index contributed by atoms with van der Waals surface area (Å²) in [5.74, 6) is -0.633. The summed E-state index contributed by atoms with van der Waals surface area (Å²) in [5.41, 5.74) is 1.73. The van der Waals surface area contributed by atoms with E-state index >= 15 is 0 Å². The van der Waals surface area contributed by atoms with E-state index in [9.17, 15) is 21.6 Å². The normalized spacial score (nSPS) is 16.1. The number of hydrogen-bond donors (Lipinski definition) is 1. The summed E-state index contributed by atoms with van der Waals surface area (Å²) in [5, 5.41) is 2.70. The Balaban J connectivity index is 1.70. The number of sulfonamides is 1. The molecule has 1 N–H and O–H groups in total. The van der Waals surface area contributed by atoms with Gasteiger partial charge in [0.2, 0.25) is 15.9 Å². The molecule has 0 aliphatic carbocycles. The molecule has 28 heavy (non-hydrogen) atoms. The fourth-order valence-corrected chi connectivity index (χ4v) is 5.83. The van der Waals surface area contributed by atoms with Crippen molar-refractivity contribution in [3.8, 4) is 0 Å². The van der Waals surface area contributed by atoms with Crippen molar-refractivity contribution >= 4 is 37.1 Å². The molecule has 150 valence electrons. The Bertz CT molecular complexity index is 1080. The topological polar surface area (TPSA) is 101 Å². The van der Waals surface area contributed by atoms with Gasteiger partial charge in [-0.1, -0.05) is 24.3 Å². The zero-order chi connectivity index (χ0) is 20.4. The van der Waals surface area contributed by atoms with Crippen LogP contribution < -0.4 is 9.62 Å². The van der Waals surface area contributed by atoms with Gasteiger partial charge in [-0.25, -0.2) is 16.8 Å². The van der Waals surface area contributed by atoms with Crippen LogP contribution in [0.5, 0.6) is 0 Å². The molecule has 0 atom stereocenters. The zero-order valence-corrected chi connectivity index (χ0v) is 17.1. The molecule has 1 heterocycles. The highest BCUT2D eigenvalue weighted by Gasteiger charge is 2.28. The van der Waals surface area contributed by atoms with Crippen molar-refractivity contribution < 1.29 is 21.6 Å². The van der Waals surface area contributed by atoms with E-state index in [0.29, 0.717) is 24.3 Å². The maximum absolute atomic E-state index is 12.3. The highest BCUT2D eigenvalue weighted by Crippen LogP contribution is 2.28. The van der Waals surface area contributed by atoms with Crippen LogP contribution in [0, 0.1) is 6.92 Å². The second-order valence-corrected chi connectivity index (χ2v) is 10.8. The number of amides is 1. The highest BCUT2D eigenvalue weighted by molar-refractivity contribution is 7.93. The molecule has 1 aliphatic rings. The lowest BCUT2D eigenvalue weighted by atomic mass is 10.1. The highest BCUT2D eigenvalue weighted by atomic mass is 32.2. The van der Waals surface area contributed by atoms with Crippen LogP contribution in [0.25, 0.3) is 0 Å². The maximum Gasteiger partial charge on any atom is 0.235 e. The van der Waals surface area contributed by atoms with Gasteiger partial charge < -0.3 is 5.32 Å². The number of carbonyl (C=O) groups is 1. The number of anilines is 2. The Morgan fingerprint density at radius 1 is 1.14 bits per heavy atom. The standard InChI is InChI=1S/C19H22N2O5S2/c1-15-8-9-16(21-11-5-12-28(21,25)26)14-18(15)20-19(22)10-13-27(23,24)17-6-3-2-4-7-17/h2-4,6-9,14H,5,10-13H2,1H3,(H,20,22). The lowest BCUT2D eigenvalue weighted by molar-refractivity contribution is -0.115. The first kappa shape index (κ1) is 20.3. The van der Waals surface area contributed by atoms with Crippen LogP contribution in [0.2, 0.25) is 0 Å². The predicted molar refractivity (Wildman–Crippen MR) is 109 cm³/mol. The van der Waals surface area contributed by atoms with Crippen LogP contribution >= 0.6 is 0 Å². The summed E-state index contributed by atoms with van der Waals surface area (Å²) in [4.78, 5) is 12.5. The predicted octanol–water partition coefficient (Wildman–Crippen LogP) is 2.34. The molecule has 2 aromatic rings. The molecule has 1 saturated heterocycles. The Hall–Kier alpha value is -2.39. The van der Waals surface area contributed by atoms with Crippen LogP contribution in [0.15, 0.2) is 53.4 Å². The molecule has 0 saturated carbocycles. The SMILES string of the molecule is Cc1ccc(N2CCCS2(=O)=O)cc1NC(=O)CCS(=O)(=O)c1ccccc1. The van der Waals surface area contributed by atoms with E-state index in [1.54, 1.807) is 43.3 Å². The number of benzene rings is 2. The zero-order valence-electron chi connectivity index (χ0n) is 15.5. The molecule has 1 amide bonds. The van der Waals surface area contributed by atoms with Crippen LogP contribution in [0.3, 0.4) is 0 Å². The maximum atomic E-state index is 12.3. The minimum Gasteiger partial charge on any atom is -0.326 e. The molecule has 0 aromatic heterocycles. The van der Waals surface area contributed by atoms with Crippen molar-refractivity contribution in [2.45, 2.75) is 24.7 Å². The number of rotatable bonds is 6. The number of aryl methyl sites for hydroxylation is 1. The van der Waals surface area contributed by atoms with Crippen LogP contribution in [-0.4, -0.2) is 40.8 Å². The van der Waals surface area contributed by atoms with E-state index in [1.165, 1.54) is 16.4 Å². The van der Waals surface area contributed by atoms with Crippen LogP contribution in [-0.2, 0) is 24.7 Å². The van der Waals surface area contributed by atoms with Gasteiger partial charge in [-0.3, -0.25) is 9.10 Å². The van der Waals surface area contributed by atoms with E-state index in [4.69, 9.17) is 0 Å². The van der Waals surface area contributed by atoms with Crippen molar-refractivity contribution in [3.63, 3.8) is 0 Å². The molecular formula is C19H22N2O5S2. The van der Waals surface area contributed by atoms with Crippen molar-refractivity contribution in [1.29, 1.82) is 0 Å². The Morgan fingerprint density at radius 3 is 2.50 bits per heavy atom. The number of nitrogens with one attached hydrogen (secondary N) is 1. The summed E-state index contributed by atoms with van der Waals surface area (Å²) in [6, 6.07) is 13.0. The molecule has 3 rings (SSSR count). The van der Waals surface area contributed by atoms with Gasteiger partial charge in [0, 0.05) is 18.7 Å². The lowest BCUT2D eigenvalue weighted by Gasteiger charge is -2.19. The minimum absolute atomic E-state index is 0.111. The molecule has 0 spiro atoms. The number of nitrogens with zero attached hydrogens (tertiary/aromatic N) is 1. The van der Waals surface area contributed by atoms with E-state index in [0.717, 1.165) is 5.56 Å². The monoisotopic (exact) mass is 422 g/mol. The smallest absolute Gasteiger partial charge is 0.235 e. The van der Waals surface area contributed by atoms with Crippen LogP contribution in [0.1, 0.15) is 18.4 Å². The molecular weight excluding hydrogens is 400 g/mol. The van der Waals surface area contributed by atoms with E-state index in [1.807, 2.05) is 0 Å². The second kappa shape index (κ2) is 7.92. The molecule has 1 fully saturated rings. The summed E-state index contributed by atoms with van der Waals surface area (Å²) in [6.07, 6.45) is 0.373. The van der Waals surface area contributed by atoms with Gasteiger partial charge in [-0.15, -0.1) is 0 Å². The lowest BCUT2D eigenvalue weighted by Crippen LogP contribution is -2.25. The second-order valence-electron chi connectivity index (χ2n) is 6.67. The first-order valence-corrected chi connectivity index (χ1v) is 12.1. The third-order valence-corrected chi connectivity index (χ3v) is 8.18. The van der Waals surface area contributed by atoms with Crippen LogP contribution in [0.4, 0.5) is 11.4 Å². The molecule has 1 aliphatic heterocycles. The summed E-state index contributed by atoms with van der Waals surface area (Å²) in [6.45, 7) is 2.20. The average Bonchev–Trinajstić information content (AvgIpc) is 3.02. The fraction of sp³-hybridized carbons (Fsp3) is 0.316. The summed E-state index contributed by atoms with van der Waals surface area (Å²) in [7, 11) is -6.86. The van der Waals surface area contributed by atoms with Gasteiger partial charge in [0.05, 0.1) is 22.1 Å². The summed E-state index contributed by atoms with van der Waals surface area (Å²) >= 11 is 0. The Kier molecular flexibility index (Phi) is 5.76. The van der Waals surface area contributed by atoms with Gasteiger partial charge >= 0.3 is 0 Å². The van der Waals surface area contributed by atoms with Gasteiger partial charge in [0.1, 0.15) is 0 Å². The first-order chi connectivity index (χ1) is 13.2. The third kappa shape index (κ3) is 4.53. The quantitative estimate of drug-likeness (QED) is 0.770. The average molecular weight is 423 g/mol. The van der Waals surface area contributed by atoms with Crippen molar-refractivity contribution in [3.05, 3.63) is 54.1 Å². The first-order valence-electron chi connectivity index (χ1n) is 8.88. The number of hydrogen-bond acceptors (Lipinski definition) is 5. The third-order valence-electron chi connectivity index (χ3n) is 4.58. The van der Waals surface area contributed by atoms with Gasteiger partial charge in [-0.2, -0.15) is 0 Å². The van der Waals surface area contributed by atoms with Crippen molar-refractivity contribution in [2.24, 2.45) is 0 Å². The summed E-state index contributed by atoms with van der Waals surface area (Å²) < 4.78 is 50.1. The van der Waals surface area contributed by atoms with Gasteiger partial charge in [0.25, 0.3) is 0 Å². The molecule has 9 heteroatoms.